The second-order valence-corrected chi connectivity index (χ2v) is 16.5. The van der Waals surface area contributed by atoms with E-state index in [9.17, 15) is 50.3 Å². The van der Waals surface area contributed by atoms with Gasteiger partial charge >= 0.3 is 5.97 Å². The van der Waals surface area contributed by atoms with Gasteiger partial charge in [0.1, 0.15) is 69.8 Å². The molecule has 0 aliphatic carbocycles. The number of carbonyl (C=O) groups is 5. The lowest BCUT2D eigenvalue weighted by molar-refractivity contribution is 0.0695. The molecule has 3 heterocycles. The van der Waals surface area contributed by atoms with Gasteiger partial charge in [0.05, 0.1) is 45.5 Å². The number of nitrogens with zero attached hydrogens (tertiary/aromatic N) is 4. The molecule has 0 fully saturated rings. The predicted octanol–water partition coefficient (Wildman–Crippen LogP) is 11.1. The van der Waals surface area contributed by atoms with Gasteiger partial charge in [0.15, 0.2) is 5.69 Å². The van der Waals surface area contributed by atoms with Crippen LogP contribution in [0.25, 0.3) is 4.85 Å². The molecule has 0 saturated heterocycles. The first kappa shape index (κ1) is 56.3. The molecule has 0 bridgehead atoms. The number of hydrogen-bond acceptors (Lipinski definition) is 14. The van der Waals surface area contributed by atoms with Crippen LogP contribution in [0.5, 0.6) is 0 Å². The van der Waals surface area contributed by atoms with Crippen molar-refractivity contribution in [3.8, 4) is 0 Å². The van der Waals surface area contributed by atoms with Gasteiger partial charge < -0.3 is 44.0 Å². The zero-order valence-corrected chi connectivity index (χ0v) is 40.9. The van der Waals surface area contributed by atoms with Crippen molar-refractivity contribution in [2.24, 2.45) is 5.73 Å². The Hall–Kier alpha value is -11.4. The maximum Gasteiger partial charge on any atom is 0.335 e. The summed E-state index contributed by atoms with van der Waals surface area (Å²) >= 11 is 0. The minimum absolute atomic E-state index is 0.0945. The van der Waals surface area contributed by atoms with Gasteiger partial charge in [-0.05, 0) is 133 Å². The molecule has 6 aromatic carbocycles. The second kappa shape index (κ2) is 25.0. The van der Waals surface area contributed by atoms with Crippen molar-refractivity contribution in [2.45, 2.75) is 0 Å². The Morgan fingerprint density at radius 2 is 0.688 bits per heavy atom. The Kier molecular flexibility index (Phi) is 17.6. The van der Waals surface area contributed by atoms with Crippen LogP contribution >= 0.6 is 0 Å². The van der Waals surface area contributed by atoms with Gasteiger partial charge in [-0.1, -0.05) is 30.3 Å². The van der Waals surface area contributed by atoms with Crippen LogP contribution in [0.1, 0.15) is 68.5 Å². The molecule has 0 aliphatic heterocycles. The summed E-state index contributed by atoms with van der Waals surface area (Å²) in [6.45, 7) is 6.92. The SMILES string of the molecule is NC(=O)c1ccc(Nc2ccc(C(=O)c3c(F)cccc3F)c(N)n2)cc1.Nc1nc(Nc2ccc(C(=O)O)cc2)ccc1C(=O)c1c(F)cccc1F.[C-]#[N+]c1ccc(Nc2ccc(C(=O)c3c(F)cccc3F)c(N)n2)cc1. The van der Waals surface area contributed by atoms with Gasteiger partial charge in [0.2, 0.25) is 23.3 Å². The number of halogens is 6. The number of benzene rings is 6. The number of hydrogen-bond donors (Lipinski definition) is 8. The molecule has 17 nitrogen and oxygen atoms in total. The first-order valence-electron chi connectivity index (χ1n) is 23.0. The Balaban J connectivity index is 0.000000173. The average Bonchev–Trinajstić information content (AvgIpc) is 3.44. The fraction of sp³-hybridized carbons (Fsp3) is 0. The topological polar surface area (TPSA) is 289 Å². The van der Waals surface area contributed by atoms with Crippen molar-refractivity contribution >= 4 is 86.9 Å². The smallest absolute Gasteiger partial charge is 0.335 e. The summed E-state index contributed by atoms with van der Waals surface area (Å²) < 4.78 is 82.8. The van der Waals surface area contributed by atoms with E-state index in [0.717, 1.165) is 42.5 Å². The van der Waals surface area contributed by atoms with Crippen molar-refractivity contribution in [3.05, 3.63) is 255 Å². The van der Waals surface area contributed by atoms with Crippen molar-refractivity contribution < 1.29 is 55.4 Å². The maximum atomic E-state index is 13.8. The molecule has 12 N–H and O–H groups in total. The molecular formula is C57H39F6N11O6. The summed E-state index contributed by atoms with van der Waals surface area (Å²) in [5, 5.41) is 17.7. The van der Waals surface area contributed by atoms with E-state index in [0.29, 0.717) is 39.9 Å². The van der Waals surface area contributed by atoms with Gasteiger partial charge in [-0.15, -0.1) is 0 Å². The maximum absolute atomic E-state index is 13.8. The fourth-order valence-corrected chi connectivity index (χ4v) is 7.23. The number of carboxylic acid groups (broad SMARTS) is 1. The highest BCUT2D eigenvalue weighted by atomic mass is 19.2. The van der Waals surface area contributed by atoms with Gasteiger partial charge in [-0.3, -0.25) is 19.2 Å². The zero-order valence-electron chi connectivity index (χ0n) is 40.9. The normalized spacial score (nSPS) is 10.4. The highest BCUT2D eigenvalue weighted by Gasteiger charge is 2.24. The number of pyridine rings is 3. The average molecular weight is 1090 g/mol. The van der Waals surface area contributed by atoms with Crippen molar-refractivity contribution in [1.29, 1.82) is 0 Å². The Morgan fingerprint density at radius 1 is 0.412 bits per heavy atom. The van der Waals surface area contributed by atoms with E-state index in [-0.39, 0.29) is 45.5 Å². The molecule has 0 radical (unpaired) electrons. The van der Waals surface area contributed by atoms with Gasteiger partial charge in [0.25, 0.3) is 0 Å². The summed E-state index contributed by atoms with van der Waals surface area (Å²) in [5.41, 5.74) is 23.0. The van der Waals surface area contributed by atoms with Crippen LogP contribution in [-0.4, -0.2) is 49.3 Å². The minimum Gasteiger partial charge on any atom is -0.478 e. The summed E-state index contributed by atoms with van der Waals surface area (Å²) in [5.74, 6) is -9.72. The highest BCUT2D eigenvalue weighted by Crippen LogP contribution is 2.27. The Labute approximate surface area is 449 Å². The fourth-order valence-electron chi connectivity index (χ4n) is 7.23. The number of primary amides is 1. The molecule has 0 saturated carbocycles. The van der Waals surface area contributed by atoms with Crippen LogP contribution in [0.3, 0.4) is 0 Å². The summed E-state index contributed by atoms with van der Waals surface area (Å²) in [4.78, 5) is 74.5. The van der Waals surface area contributed by atoms with Crippen LogP contribution in [0, 0.1) is 41.5 Å². The van der Waals surface area contributed by atoms with E-state index >= 15 is 0 Å². The number of nitrogen functional groups attached to an aromatic ring is 3. The summed E-state index contributed by atoms with van der Waals surface area (Å²) in [6, 6.07) is 36.7. The van der Waals surface area contributed by atoms with E-state index in [1.807, 2.05) is 0 Å². The Morgan fingerprint density at radius 3 is 0.938 bits per heavy atom. The van der Waals surface area contributed by atoms with Crippen molar-refractivity contribution in [3.63, 3.8) is 0 Å². The minimum atomic E-state index is -1.05. The number of ketones is 3. The predicted molar refractivity (Wildman–Crippen MR) is 286 cm³/mol. The third-order valence-electron chi connectivity index (χ3n) is 11.2. The van der Waals surface area contributed by atoms with Crippen LogP contribution < -0.4 is 38.9 Å². The number of carbonyl (C=O) groups excluding carboxylic acids is 4. The van der Waals surface area contributed by atoms with E-state index in [1.165, 1.54) is 84.9 Å². The molecule has 9 rings (SSSR count). The van der Waals surface area contributed by atoms with Crippen LogP contribution in [0.4, 0.5) is 84.0 Å². The largest absolute Gasteiger partial charge is 0.478 e. The van der Waals surface area contributed by atoms with Crippen molar-refractivity contribution in [1.82, 2.24) is 15.0 Å². The van der Waals surface area contributed by atoms with Gasteiger partial charge in [-0.2, -0.15) is 0 Å². The summed E-state index contributed by atoms with van der Waals surface area (Å²) in [6.07, 6.45) is 0. The van der Waals surface area contributed by atoms with E-state index < -0.39 is 80.8 Å². The number of aromatic carboxylic acids is 1. The quantitative estimate of drug-likeness (QED) is 0.0285. The molecule has 1 amide bonds. The summed E-state index contributed by atoms with van der Waals surface area (Å²) in [7, 11) is 0. The van der Waals surface area contributed by atoms with Gasteiger partial charge in [-0.25, -0.2) is 50.9 Å². The molecule has 23 heteroatoms. The number of rotatable bonds is 14. The second-order valence-electron chi connectivity index (χ2n) is 16.5. The van der Waals surface area contributed by atoms with Gasteiger partial charge in [0, 0.05) is 22.6 Å². The molecule has 0 unspecified atom stereocenters. The monoisotopic (exact) mass is 1090 g/mol. The molecular weight excluding hydrogens is 1050 g/mol. The molecule has 80 heavy (non-hydrogen) atoms. The third-order valence-corrected chi connectivity index (χ3v) is 11.2. The lowest BCUT2D eigenvalue weighted by Crippen LogP contribution is -2.12. The number of aromatic nitrogens is 3. The number of carboxylic acids is 1. The number of nitrogens with two attached hydrogens (primary N) is 4. The molecule has 0 aliphatic rings. The van der Waals surface area contributed by atoms with Crippen molar-refractivity contribution in [2.75, 3.05) is 33.2 Å². The number of anilines is 9. The lowest BCUT2D eigenvalue weighted by atomic mass is 10.0. The number of amides is 1. The lowest BCUT2D eigenvalue weighted by Gasteiger charge is -2.10. The van der Waals surface area contributed by atoms with E-state index in [4.69, 9.17) is 34.6 Å². The number of nitrogens with one attached hydrogen (secondary N) is 3. The van der Waals surface area contributed by atoms with Crippen LogP contribution in [0.2, 0.25) is 0 Å². The zero-order chi connectivity index (χ0) is 57.8. The van der Waals surface area contributed by atoms with E-state index in [2.05, 4.69) is 35.7 Å². The third kappa shape index (κ3) is 13.5. The first-order valence-corrected chi connectivity index (χ1v) is 23.0. The molecule has 3 aromatic heterocycles. The van der Waals surface area contributed by atoms with E-state index in [1.54, 1.807) is 36.4 Å². The highest BCUT2D eigenvalue weighted by molar-refractivity contribution is 6.13. The molecule has 0 atom stereocenters. The van der Waals surface area contributed by atoms with Crippen LogP contribution in [-0.2, 0) is 0 Å². The van der Waals surface area contributed by atoms with Crippen LogP contribution in [0.15, 0.2) is 164 Å². The molecule has 9 aromatic rings. The molecule has 0 spiro atoms. The molecule has 400 valence electrons. The first-order chi connectivity index (χ1) is 38.2. The standard InChI is InChI=1S/C19H14F2N4O2.C19H12F2N4O.C19H13F2N3O3/c20-13-2-1-3-14(21)16(13)17(26)12-8-9-15(25-18(12)22)24-11-6-4-10(5-7-11)19(23)27;1-23-11-5-7-12(8-6-11)24-16-10-9-13(19(22)25-16)18(26)17-14(20)3-2-4-15(17)21;20-13-2-1-3-14(21)16(13)17(25)12-8-9-15(24-18(12)22)23-11-6-4-10(5-7-11)19(26)27/h1-9H,(H2,23,27)(H3,22,24,25);2-10H,(H3,22,24,25);1-9H,(H,26,27)(H3,22,23,24). The Bertz CT molecular complexity index is 3670.